The summed E-state index contributed by atoms with van der Waals surface area (Å²) in [4.78, 5) is 25.0. The smallest absolute Gasteiger partial charge is 0.332 e. The van der Waals surface area contributed by atoms with E-state index in [1.165, 1.54) is 17.7 Å². The van der Waals surface area contributed by atoms with Crippen LogP contribution in [-0.2, 0) is 14.1 Å². The second-order valence-corrected chi connectivity index (χ2v) is 3.58. The van der Waals surface area contributed by atoms with Gasteiger partial charge in [-0.25, -0.2) is 4.79 Å². The molecule has 0 bridgehead atoms. The van der Waals surface area contributed by atoms with Crippen molar-refractivity contribution in [2.45, 2.75) is 6.42 Å². The molecule has 0 amide bonds. The summed E-state index contributed by atoms with van der Waals surface area (Å²) >= 11 is 0. The van der Waals surface area contributed by atoms with Gasteiger partial charge in [-0.05, 0) is 6.42 Å². The lowest BCUT2D eigenvalue weighted by Crippen LogP contribution is -2.44. The molecule has 0 aromatic carbocycles. The van der Waals surface area contributed by atoms with Gasteiger partial charge in [-0.2, -0.15) is 0 Å². The molecule has 0 unspecified atom stereocenters. The first-order chi connectivity index (χ1) is 6.61. The molecule has 1 saturated heterocycles. The van der Waals surface area contributed by atoms with E-state index in [4.69, 9.17) is 0 Å². The molecule has 0 atom stereocenters. The van der Waals surface area contributed by atoms with Crippen LogP contribution < -0.4 is 16.1 Å². The highest BCUT2D eigenvalue weighted by Crippen LogP contribution is 2.15. The van der Waals surface area contributed by atoms with Crippen LogP contribution in [0.3, 0.4) is 0 Å². The molecule has 0 N–H and O–H groups in total. The molecule has 1 aromatic rings. The summed E-state index contributed by atoms with van der Waals surface area (Å²) in [5, 5.41) is 0. The van der Waals surface area contributed by atoms with Crippen LogP contribution >= 0.6 is 0 Å². The van der Waals surface area contributed by atoms with E-state index in [-0.39, 0.29) is 11.2 Å². The van der Waals surface area contributed by atoms with Crippen molar-refractivity contribution in [1.82, 2.24) is 9.13 Å². The van der Waals surface area contributed by atoms with Crippen LogP contribution in [0.15, 0.2) is 15.7 Å². The fraction of sp³-hybridized carbons (Fsp3) is 0.556. The molecule has 76 valence electrons. The maximum Gasteiger partial charge on any atom is 0.332 e. The first-order valence-corrected chi connectivity index (χ1v) is 4.63. The molecule has 1 aliphatic rings. The summed E-state index contributed by atoms with van der Waals surface area (Å²) in [6.07, 6.45) is 1.13. The van der Waals surface area contributed by atoms with Crippen molar-refractivity contribution in [3.05, 3.63) is 26.9 Å². The van der Waals surface area contributed by atoms with E-state index in [0.717, 1.165) is 29.9 Å². The Morgan fingerprint density at radius 2 is 1.79 bits per heavy atom. The van der Waals surface area contributed by atoms with E-state index >= 15 is 0 Å². The minimum Gasteiger partial charge on any atom is -0.358 e. The van der Waals surface area contributed by atoms with E-state index in [1.807, 2.05) is 4.90 Å². The first kappa shape index (κ1) is 9.05. The molecule has 1 fully saturated rings. The van der Waals surface area contributed by atoms with Crippen molar-refractivity contribution in [1.29, 1.82) is 0 Å². The quantitative estimate of drug-likeness (QED) is 0.595. The molecule has 0 saturated carbocycles. The summed E-state index contributed by atoms with van der Waals surface area (Å²) in [5.74, 6) is 0.726. The van der Waals surface area contributed by atoms with Gasteiger partial charge in [0, 0.05) is 33.3 Å². The van der Waals surface area contributed by atoms with Crippen molar-refractivity contribution in [2.24, 2.45) is 14.1 Å². The average Bonchev–Trinajstić information content (AvgIpc) is 2.08. The zero-order valence-corrected chi connectivity index (χ0v) is 8.36. The highest BCUT2D eigenvalue weighted by molar-refractivity contribution is 5.40. The largest absolute Gasteiger partial charge is 0.358 e. The number of hydrogen-bond donors (Lipinski definition) is 0. The van der Waals surface area contributed by atoms with E-state index < -0.39 is 0 Å². The highest BCUT2D eigenvalue weighted by atomic mass is 16.2. The summed E-state index contributed by atoms with van der Waals surface area (Å²) < 4.78 is 2.63. The van der Waals surface area contributed by atoms with Gasteiger partial charge in [0.1, 0.15) is 5.82 Å². The molecule has 5 heteroatoms. The second kappa shape index (κ2) is 3.01. The minimum atomic E-state index is -0.264. The van der Waals surface area contributed by atoms with E-state index in [1.54, 1.807) is 7.05 Å². The Labute approximate surface area is 81.2 Å². The Balaban J connectivity index is 2.61. The van der Waals surface area contributed by atoms with Crippen molar-refractivity contribution in [3.8, 4) is 0 Å². The Kier molecular flexibility index (Phi) is 1.94. The Bertz CT molecular complexity index is 468. The molecule has 1 aliphatic heterocycles. The van der Waals surface area contributed by atoms with Crippen molar-refractivity contribution in [2.75, 3.05) is 18.0 Å². The summed E-state index contributed by atoms with van der Waals surface area (Å²) in [5.41, 5.74) is -0.505. The van der Waals surface area contributed by atoms with Gasteiger partial charge in [-0.3, -0.25) is 13.9 Å². The lowest BCUT2D eigenvalue weighted by molar-refractivity contribution is 0.575. The molecule has 0 spiro atoms. The van der Waals surface area contributed by atoms with Gasteiger partial charge in [0.2, 0.25) is 0 Å². The molecule has 14 heavy (non-hydrogen) atoms. The van der Waals surface area contributed by atoms with Gasteiger partial charge < -0.3 is 4.90 Å². The standard InChI is InChI=1S/C9H13N3O2/c1-10-7(12-4-3-5-12)6-8(13)11(2)9(10)14/h6H,3-5H2,1-2H3. The van der Waals surface area contributed by atoms with Crippen LogP contribution in [0.1, 0.15) is 6.42 Å². The van der Waals surface area contributed by atoms with Crippen LogP contribution in [0, 0.1) is 0 Å². The highest BCUT2D eigenvalue weighted by Gasteiger charge is 2.18. The molecule has 0 aliphatic carbocycles. The van der Waals surface area contributed by atoms with Crippen LogP contribution in [0.25, 0.3) is 0 Å². The number of nitrogens with zero attached hydrogens (tertiary/aromatic N) is 3. The van der Waals surface area contributed by atoms with Crippen LogP contribution in [0.5, 0.6) is 0 Å². The van der Waals surface area contributed by atoms with Gasteiger partial charge in [-0.1, -0.05) is 0 Å². The third-order valence-electron chi connectivity index (χ3n) is 2.68. The molecule has 1 aromatic heterocycles. The van der Waals surface area contributed by atoms with Crippen molar-refractivity contribution in [3.63, 3.8) is 0 Å². The number of rotatable bonds is 1. The summed E-state index contributed by atoms with van der Waals surface area (Å²) in [6.45, 7) is 1.86. The predicted molar refractivity (Wildman–Crippen MR) is 53.8 cm³/mol. The zero-order valence-electron chi connectivity index (χ0n) is 8.36. The van der Waals surface area contributed by atoms with Crippen LogP contribution in [-0.4, -0.2) is 22.2 Å². The molecule has 2 heterocycles. The van der Waals surface area contributed by atoms with Crippen LogP contribution in [0.4, 0.5) is 5.82 Å². The maximum absolute atomic E-state index is 11.6. The average molecular weight is 195 g/mol. The first-order valence-electron chi connectivity index (χ1n) is 4.63. The Morgan fingerprint density at radius 3 is 2.29 bits per heavy atom. The summed E-state index contributed by atoms with van der Waals surface area (Å²) in [6, 6.07) is 1.51. The molecule has 0 radical (unpaired) electrons. The SMILES string of the molecule is Cn1c(N2CCC2)cc(=O)n(C)c1=O. The minimum absolute atomic E-state index is 0.241. The fourth-order valence-electron chi connectivity index (χ4n) is 1.57. The molecular formula is C9H13N3O2. The molecule has 5 nitrogen and oxygen atoms in total. The van der Waals surface area contributed by atoms with Gasteiger partial charge in [0.15, 0.2) is 0 Å². The van der Waals surface area contributed by atoms with E-state index in [9.17, 15) is 9.59 Å². The number of aromatic nitrogens is 2. The van der Waals surface area contributed by atoms with Crippen molar-refractivity contribution < 1.29 is 0 Å². The number of anilines is 1. The lowest BCUT2D eigenvalue weighted by Gasteiger charge is -2.33. The Hall–Kier alpha value is -1.52. The molecular weight excluding hydrogens is 182 g/mol. The predicted octanol–water partition coefficient (Wildman–Crippen LogP) is -0.706. The monoisotopic (exact) mass is 195 g/mol. The van der Waals surface area contributed by atoms with E-state index in [2.05, 4.69) is 0 Å². The number of hydrogen-bond acceptors (Lipinski definition) is 3. The second-order valence-electron chi connectivity index (χ2n) is 3.58. The normalized spacial score (nSPS) is 15.4. The Morgan fingerprint density at radius 1 is 1.14 bits per heavy atom. The van der Waals surface area contributed by atoms with Gasteiger partial charge in [0.25, 0.3) is 5.56 Å². The third kappa shape index (κ3) is 1.16. The topological polar surface area (TPSA) is 47.2 Å². The zero-order chi connectivity index (χ0) is 10.3. The summed E-state index contributed by atoms with van der Waals surface area (Å²) in [7, 11) is 3.18. The van der Waals surface area contributed by atoms with E-state index in [0.29, 0.717) is 0 Å². The maximum atomic E-state index is 11.6. The lowest BCUT2D eigenvalue weighted by atomic mass is 10.2. The van der Waals surface area contributed by atoms with Crippen molar-refractivity contribution >= 4 is 5.82 Å². The fourth-order valence-corrected chi connectivity index (χ4v) is 1.57. The molecule has 2 rings (SSSR count). The van der Waals surface area contributed by atoms with Gasteiger partial charge >= 0.3 is 5.69 Å². The van der Waals surface area contributed by atoms with Crippen LogP contribution in [0.2, 0.25) is 0 Å². The van der Waals surface area contributed by atoms with Gasteiger partial charge in [-0.15, -0.1) is 0 Å². The van der Waals surface area contributed by atoms with Gasteiger partial charge in [0.05, 0.1) is 0 Å². The third-order valence-corrected chi connectivity index (χ3v) is 2.68.